The molecular weight excluding hydrogens is 235 g/mol. The molecule has 0 aliphatic rings. The van der Waals surface area contributed by atoms with Crippen LogP contribution in [0.4, 0.5) is 4.39 Å². The second-order valence-corrected chi connectivity index (χ2v) is 3.28. The van der Waals surface area contributed by atoms with E-state index in [-0.39, 0.29) is 36.6 Å². The summed E-state index contributed by atoms with van der Waals surface area (Å²) in [6.45, 7) is -0.271. The molecule has 0 saturated heterocycles. The van der Waals surface area contributed by atoms with E-state index in [0.717, 1.165) is 0 Å². The average molecular weight is 249 g/mol. The number of aliphatic hydroxyl groups is 1. The molecule has 6 heteroatoms. The van der Waals surface area contributed by atoms with Gasteiger partial charge in [0.05, 0.1) is 6.61 Å². The number of nitrogens with two attached hydrogens (primary N) is 2. The van der Waals surface area contributed by atoms with Crippen molar-refractivity contribution in [3.63, 3.8) is 0 Å². The van der Waals surface area contributed by atoms with Crippen LogP contribution in [0.1, 0.15) is 15.9 Å². The van der Waals surface area contributed by atoms with Crippen molar-refractivity contribution in [1.29, 1.82) is 0 Å². The van der Waals surface area contributed by atoms with Gasteiger partial charge < -0.3 is 16.6 Å². The summed E-state index contributed by atoms with van der Waals surface area (Å²) in [6, 6.07) is 3.47. The Morgan fingerprint density at radius 2 is 2.12 bits per heavy atom. The molecule has 0 aliphatic heterocycles. The van der Waals surface area contributed by atoms with Crippen LogP contribution in [0.15, 0.2) is 18.2 Å². The summed E-state index contributed by atoms with van der Waals surface area (Å²) in [5.74, 6) is -1.23. The zero-order valence-corrected chi connectivity index (χ0v) is 9.34. The Morgan fingerprint density at radius 3 is 2.62 bits per heavy atom. The van der Waals surface area contributed by atoms with Crippen LogP contribution in [0.2, 0.25) is 0 Å². The summed E-state index contributed by atoms with van der Waals surface area (Å²) in [5, 5.41) is 8.75. The summed E-state index contributed by atoms with van der Waals surface area (Å²) in [6.07, 6.45) is 0.0848. The van der Waals surface area contributed by atoms with Gasteiger partial charge in [-0.1, -0.05) is 6.07 Å². The third-order valence-corrected chi connectivity index (χ3v) is 2.09. The van der Waals surface area contributed by atoms with Gasteiger partial charge in [-0.05, 0) is 18.6 Å². The van der Waals surface area contributed by atoms with Gasteiger partial charge in [-0.15, -0.1) is 12.4 Å². The predicted octanol–water partition coefficient (Wildman–Crippen LogP) is 0.209. The lowest BCUT2D eigenvalue weighted by Crippen LogP contribution is -2.29. The van der Waals surface area contributed by atoms with Gasteiger partial charge in [0.1, 0.15) is 5.82 Å². The molecule has 1 amide bonds. The van der Waals surface area contributed by atoms with E-state index < -0.39 is 17.8 Å². The molecule has 0 radical (unpaired) electrons. The van der Waals surface area contributed by atoms with Crippen LogP contribution < -0.4 is 11.5 Å². The predicted molar refractivity (Wildman–Crippen MR) is 60.9 cm³/mol. The van der Waals surface area contributed by atoms with Gasteiger partial charge in [-0.25, -0.2) is 4.39 Å². The van der Waals surface area contributed by atoms with Crippen molar-refractivity contribution in [2.75, 3.05) is 6.61 Å². The molecule has 0 fully saturated rings. The summed E-state index contributed by atoms with van der Waals surface area (Å²) < 4.78 is 13.4. The van der Waals surface area contributed by atoms with Crippen molar-refractivity contribution in [1.82, 2.24) is 0 Å². The molecule has 0 saturated carbocycles. The molecule has 0 heterocycles. The quantitative estimate of drug-likeness (QED) is 0.712. The molecule has 1 rings (SSSR count). The monoisotopic (exact) mass is 248 g/mol. The van der Waals surface area contributed by atoms with Crippen LogP contribution in [0.3, 0.4) is 0 Å². The summed E-state index contributed by atoms with van der Waals surface area (Å²) >= 11 is 0. The minimum atomic E-state index is -0.699. The van der Waals surface area contributed by atoms with Crippen molar-refractivity contribution in [3.05, 3.63) is 35.1 Å². The number of rotatable bonds is 4. The Hall–Kier alpha value is -1.17. The van der Waals surface area contributed by atoms with Gasteiger partial charge in [0.2, 0.25) is 5.91 Å². The first kappa shape index (κ1) is 14.8. The van der Waals surface area contributed by atoms with Crippen LogP contribution >= 0.6 is 12.4 Å². The van der Waals surface area contributed by atoms with Gasteiger partial charge in [-0.3, -0.25) is 4.79 Å². The van der Waals surface area contributed by atoms with E-state index in [9.17, 15) is 9.18 Å². The van der Waals surface area contributed by atoms with Crippen molar-refractivity contribution in [2.45, 2.75) is 12.5 Å². The zero-order valence-electron chi connectivity index (χ0n) is 8.52. The summed E-state index contributed by atoms with van der Waals surface area (Å²) in [5.41, 5.74) is 10.8. The number of hydrogen-bond acceptors (Lipinski definition) is 3. The van der Waals surface area contributed by atoms with Crippen LogP contribution in [0, 0.1) is 5.82 Å². The number of halogens is 2. The molecule has 1 atom stereocenters. The molecule has 1 aromatic rings. The standard InChI is InChI=1S/C10H13FN2O2.ClH/c11-9-3-1-2-7(10(13)15)8(9)4-6(12)5-14;/h1-3,6,14H,4-5,12H2,(H2,13,15);1H. The number of aliphatic hydroxyl groups excluding tert-OH is 1. The SMILES string of the molecule is Cl.NC(=O)c1cccc(F)c1CC(N)CO. The molecule has 5 N–H and O–H groups in total. The van der Waals surface area contributed by atoms with E-state index in [1.807, 2.05) is 0 Å². The molecule has 0 aliphatic carbocycles. The maximum absolute atomic E-state index is 13.4. The fourth-order valence-electron chi connectivity index (χ4n) is 1.32. The average Bonchev–Trinajstić information content (AvgIpc) is 2.20. The Labute approximate surface area is 98.8 Å². The van der Waals surface area contributed by atoms with Crippen LogP contribution in [0.25, 0.3) is 0 Å². The fraction of sp³-hybridized carbons (Fsp3) is 0.300. The van der Waals surface area contributed by atoms with Crippen molar-refractivity contribution in [2.24, 2.45) is 11.5 Å². The number of benzene rings is 1. The largest absolute Gasteiger partial charge is 0.395 e. The highest BCUT2D eigenvalue weighted by atomic mass is 35.5. The first-order valence-electron chi connectivity index (χ1n) is 4.50. The van der Waals surface area contributed by atoms with Crippen molar-refractivity contribution < 1.29 is 14.3 Å². The number of carbonyl (C=O) groups excluding carboxylic acids is 1. The molecule has 1 aromatic carbocycles. The van der Waals surface area contributed by atoms with Crippen LogP contribution in [-0.4, -0.2) is 23.7 Å². The second-order valence-electron chi connectivity index (χ2n) is 3.28. The van der Waals surface area contributed by atoms with Gasteiger partial charge in [0.25, 0.3) is 0 Å². The van der Waals surface area contributed by atoms with Gasteiger partial charge in [-0.2, -0.15) is 0 Å². The molecular formula is C10H14ClFN2O2. The lowest BCUT2D eigenvalue weighted by molar-refractivity contribution is 0.0998. The van der Waals surface area contributed by atoms with E-state index in [1.165, 1.54) is 18.2 Å². The molecule has 90 valence electrons. The molecule has 4 nitrogen and oxygen atoms in total. The molecule has 0 bridgehead atoms. The lowest BCUT2D eigenvalue weighted by Gasteiger charge is -2.11. The Balaban J connectivity index is 0.00000225. The second kappa shape index (κ2) is 6.42. The number of hydrogen-bond donors (Lipinski definition) is 3. The topological polar surface area (TPSA) is 89.3 Å². The molecule has 0 spiro atoms. The maximum atomic E-state index is 13.4. The highest BCUT2D eigenvalue weighted by molar-refractivity contribution is 5.94. The maximum Gasteiger partial charge on any atom is 0.249 e. The van der Waals surface area contributed by atoms with Crippen molar-refractivity contribution >= 4 is 18.3 Å². The molecule has 0 aromatic heterocycles. The normalized spacial score (nSPS) is 11.7. The first-order chi connectivity index (χ1) is 7.06. The van der Waals surface area contributed by atoms with Crippen LogP contribution in [-0.2, 0) is 6.42 Å². The fourth-order valence-corrected chi connectivity index (χ4v) is 1.32. The van der Waals surface area contributed by atoms with E-state index in [1.54, 1.807) is 0 Å². The number of amides is 1. The van der Waals surface area contributed by atoms with Gasteiger partial charge in [0, 0.05) is 17.2 Å². The highest BCUT2D eigenvalue weighted by Crippen LogP contribution is 2.14. The third kappa shape index (κ3) is 3.44. The number of carbonyl (C=O) groups is 1. The minimum Gasteiger partial charge on any atom is -0.395 e. The lowest BCUT2D eigenvalue weighted by atomic mass is 10.00. The van der Waals surface area contributed by atoms with Gasteiger partial charge in [0.15, 0.2) is 0 Å². The first-order valence-corrected chi connectivity index (χ1v) is 4.50. The summed E-state index contributed by atoms with van der Waals surface area (Å²) in [7, 11) is 0. The van der Waals surface area contributed by atoms with Gasteiger partial charge >= 0.3 is 0 Å². The smallest absolute Gasteiger partial charge is 0.249 e. The summed E-state index contributed by atoms with van der Waals surface area (Å²) in [4.78, 5) is 11.0. The number of primary amides is 1. The van der Waals surface area contributed by atoms with E-state index >= 15 is 0 Å². The zero-order chi connectivity index (χ0) is 11.4. The Bertz CT molecular complexity index is 374. The highest BCUT2D eigenvalue weighted by Gasteiger charge is 2.15. The third-order valence-electron chi connectivity index (χ3n) is 2.09. The molecule has 16 heavy (non-hydrogen) atoms. The Kier molecular flexibility index (Phi) is 5.95. The van der Waals surface area contributed by atoms with E-state index in [0.29, 0.717) is 0 Å². The minimum absolute atomic E-state index is 0. The van der Waals surface area contributed by atoms with E-state index in [4.69, 9.17) is 16.6 Å². The van der Waals surface area contributed by atoms with E-state index in [2.05, 4.69) is 0 Å². The molecule has 1 unspecified atom stereocenters. The Morgan fingerprint density at radius 1 is 1.50 bits per heavy atom. The van der Waals surface area contributed by atoms with Crippen LogP contribution in [0.5, 0.6) is 0 Å². The van der Waals surface area contributed by atoms with Crippen molar-refractivity contribution in [3.8, 4) is 0 Å².